The fraction of sp³-hybridized carbons (Fsp3) is 0.667. The summed E-state index contributed by atoms with van der Waals surface area (Å²) in [6, 6.07) is 7.46. The van der Waals surface area contributed by atoms with Gasteiger partial charge in [0.15, 0.2) is 6.10 Å². The van der Waals surface area contributed by atoms with Crippen LogP contribution in [-0.2, 0) is 48.9 Å². The Morgan fingerprint density at radius 2 is 1.75 bits per heavy atom. The molecule has 48 heavy (non-hydrogen) atoms. The lowest BCUT2D eigenvalue weighted by Crippen LogP contribution is -2.52. The number of nitrogens with one attached hydrogen (secondary N) is 4. The standard InChI is InChI=1S/C33H51N4O10P/c1-3-4-16-26(22-45-48(43)47-23(2)31(40)46-32(41)28-18-11-20-34-28)36-30(39)27(37-29(38)25-14-10-15-25)17-8-9-19-35-33(42)44-21-24-12-6-5-7-13-24/h5-7,12-13,23,25-28,34,48H,3-4,8-11,14-22H2,1-2H3,(H,35,42)(H,36,39)(H,37,38)/t23?,26?,27?,28-/m0/s1. The maximum Gasteiger partial charge on any atom is 0.407 e. The molecule has 0 radical (unpaired) electrons. The Bertz CT molecular complexity index is 1210. The average molecular weight is 695 g/mol. The molecule has 0 aromatic heterocycles. The molecule has 4 N–H and O–H groups in total. The summed E-state index contributed by atoms with van der Waals surface area (Å²) >= 11 is 0. The van der Waals surface area contributed by atoms with Crippen LogP contribution in [0.25, 0.3) is 0 Å². The highest BCUT2D eigenvalue weighted by Gasteiger charge is 2.31. The molecule has 15 heteroatoms. The molecule has 1 saturated carbocycles. The van der Waals surface area contributed by atoms with Gasteiger partial charge in [-0.3, -0.25) is 18.7 Å². The third-order valence-electron chi connectivity index (χ3n) is 8.32. The van der Waals surface area contributed by atoms with Gasteiger partial charge >= 0.3 is 26.3 Å². The molecule has 268 valence electrons. The normalized spacial score (nSPS) is 18.4. The largest absolute Gasteiger partial charge is 0.445 e. The lowest BCUT2D eigenvalue weighted by molar-refractivity contribution is -0.165. The van der Waals surface area contributed by atoms with Crippen LogP contribution in [-0.4, -0.2) is 73.8 Å². The van der Waals surface area contributed by atoms with Crippen LogP contribution in [0.3, 0.4) is 0 Å². The second kappa shape index (κ2) is 21.6. The van der Waals surface area contributed by atoms with Gasteiger partial charge in [0.1, 0.15) is 18.7 Å². The van der Waals surface area contributed by atoms with Crippen LogP contribution >= 0.6 is 8.25 Å². The van der Waals surface area contributed by atoms with Crippen molar-refractivity contribution in [2.45, 2.75) is 115 Å². The number of unbranched alkanes of at least 4 members (excludes halogenated alkanes) is 2. The van der Waals surface area contributed by atoms with Crippen molar-refractivity contribution in [3.63, 3.8) is 0 Å². The van der Waals surface area contributed by atoms with E-state index in [1.165, 1.54) is 6.92 Å². The Morgan fingerprint density at radius 1 is 0.979 bits per heavy atom. The highest BCUT2D eigenvalue weighted by atomic mass is 31.1. The van der Waals surface area contributed by atoms with Gasteiger partial charge in [-0.2, -0.15) is 0 Å². The SMILES string of the molecule is CCCCC(CO[PH](=O)OC(C)C(=O)OC(=O)[C@@H]1CCCN1)NC(=O)C(CCCCNC(=O)OCc1ccccc1)NC(=O)C1CCC1. The molecule has 1 aliphatic heterocycles. The van der Waals surface area contributed by atoms with Gasteiger partial charge < -0.3 is 35.3 Å². The predicted molar refractivity (Wildman–Crippen MR) is 177 cm³/mol. The molecular weight excluding hydrogens is 643 g/mol. The van der Waals surface area contributed by atoms with E-state index in [1.807, 2.05) is 37.3 Å². The third-order valence-corrected chi connectivity index (χ3v) is 9.26. The topological polar surface area (TPSA) is 187 Å². The summed E-state index contributed by atoms with van der Waals surface area (Å²) in [5, 5.41) is 11.5. The van der Waals surface area contributed by atoms with Crippen molar-refractivity contribution in [1.82, 2.24) is 21.3 Å². The lowest BCUT2D eigenvalue weighted by Gasteiger charge is -2.28. The number of rotatable bonds is 21. The molecule has 3 rings (SSSR count). The molecule has 2 aliphatic rings. The van der Waals surface area contributed by atoms with E-state index >= 15 is 0 Å². The Hall–Kier alpha value is -3.32. The molecule has 5 atom stereocenters. The van der Waals surface area contributed by atoms with Gasteiger partial charge in [0, 0.05) is 12.5 Å². The van der Waals surface area contributed by atoms with Crippen LogP contribution in [0, 0.1) is 5.92 Å². The third kappa shape index (κ3) is 14.4. The summed E-state index contributed by atoms with van der Waals surface area (Å²) in [5.41, 5.74) is 0.881. The van der Waals surface area contributed by atoms with E-state index in [1.54, 1.807) is 0 Å². The number of ether oxygens (including phenoxy) is 2. The van der Waals surface area contributed by atoms with E-state index < -0.39 is 50.5 Å². The number of carbonyl (C=O) groups excluding carboxylic acids is 5. The Balaban J connectivity index is 1.45. The van der Waals surface area contributed by atoms with E-state index in [0.29, 0.717) is 45.2 Å². The highest BCUT2D eigenvalue weighted by molar-refractivity contribution is 7.33. The number of hydrogen-bond acceptors (Lipinski definition) is 11. The van der Waals surface area contributed by atoms with Gasteiger partial charge in [0.05, 0.1) is 12.6 Å². The molecule has 3 amide bonds. The number of amides is 3. The summed E-state index contributed by atoms with van der Waals surface area (Å²) in [7, 11) is -3.18. The molecule has 2 fully saturated rings. The minimum absolute atomic E-state index is 0.109. The predicted octanol–water partition coefficient (Wildman–Crippen LogP) is 3.68. The van der Waals surface area contributed by atoms with Crippen molar-refractivity contribution in [2.75, 3.05) is 19.7 Å². The fourth-order valence-electron chi connectivity index (χ4n) is 5.15. The summed E-state index contributed by atoms with van der Waals surface area (Å²) < 4.78 is 33.2. The molecule has 1 aromatic carbocycles. The second-order valence-electron chi connectivity index (χ2n) is 12.2. The molecule has 0 bridgehead atoms. The van der Waals surface area contributed by atoms with Crippen molar-refractivity contribution >= 4 is 38.1 Å². The van der Waals surface area contributed by atoms with Crippen LogP contribution in [0.5, 0.6) is 0 Å². The van der Waals surface area contributed by atoms with Gasteiger partial charge in [0.2, 0.25) is 11.8 Å². The Kier molecular flexibility index (Phi) is 17.6. The molecule has 14 nitrogen and oxygen atoms in total. The number of esters is 2. The minimum Gasteiger partial charge on any atom is -0.445 e. The first kappa shape index (κ1) is 39.1. The maximum atomic E-state index is 13.4. The van der Waals surface area contributed by atoms with E-state index in [-0.39, 0.29) is 30.9 Å². The first-order valence-corrected chi connectivity index (χ1v) is 18.3. The molecule has 4 unspecified atom stereocenters. The first-order valence-electron chi connectivity index (χ1n) is 17.0. The number of carbonyl (C=O) groups is 5. The number of hydrogen-bond donors (Lipinski definition) is 4. The molecule has 1 aromatic rings. The molecular formula is C33H51N4O10P. The average Bonchev–Trinajstić information content (AvgIpc) is 3.59. The summed E-state index contributed by atoms with van der Waals surface area (Å²) in [6.45, 7) is 4.34. The fourth-order valence-corrected chi connectivity index (χ4v) is 5.94. The zero-order valence-corrected chi connectivity index (χ0v) is 29.0. The van der Waals surface area contributed by atoms with Crippen molar-refractivity contribution in [2.24, 2.45) is 5.92 Å². The van der Waals surface area contributed by atoms with Crippen LogP contribution in [0.4, 0.5) is 4.79 Å². The lowest BCUT2D eigenvalue weighted by atomic mass is 9.84. The van der Waals surface area contributed by atoms with Crippen molar-refractivity contribution in [1.29, 1.82) is 0 Å². The maximum absolute atomic E-state index is 13.4. The van der Waals surface area contributed by atoms with Crippen molar-refractivity contribution < 1.29 is 47.1 Å². The van der Waals surface area contributed by atoms with E-state index in [2.05, 4.69) is 21.3 Å². The van der Waals surface area contributed by atoms with E-state index in [4.69, 9.17) is 18.5 Å². The van der Waals surface area contributed by atoms with Crippen LogP contribution in [0.1, 0.15) is 90.0 Å². The van der Waals surface area contributed by atoms with Gasteiger partial charge in [-0.05, 0) is 70.4 Å². The Labute approximate surface area is 283 Å². The number of alkyl carbamates (subject to hydrolysis) is 1. The molecule has 0 spiro atoms. The van der Waals surface area contributed by atoms with E-state index in [0.717, 1.165) is 44.1 Å². The first-order chi connectivity index (χ1) is 23.2. The molecule has 1 aliphatic carbocycles. The van der Waals surface area contributed by atoms with Gasteiger partial charge in [-0.25, -0.2) is 14.4 Å². The van der Waals surface area contributed by atoms with Crippen LogP contribution in [0.15, 0.2) is 30.3 Å². The Morgan fingerprint density at radius 3 is 2.42 bits per heavy atom. The summed E-state index contributed by atoms with van der Waals surface area (Å²) in [5.74, 6) is -2.32. The van der Waals surface area contributed by atoms with Crippen LogP contribution < -0.4 is 21.3 Å². The monoisotopic (exact) mass is 694 g/mol. The summed E-state index contributed by atoms with van der Waals surface area (Å²) in [6.07, 6.45) is 5.67. The van der Waals surface area contributed by atoms with E-state index in [9.17, 15) is 28.5 Å². The zero-order chi connectivity index (χ0) is 34.7. The van der Waals surface area contributed by atoms with Gasteiger partial charge in [-0.1, -0.05) is 56.5 Å². The van der Waals surface area contributed by atoms with Crippen molar-refractivity contribution in [3.8, 4) is 0 Å². The smallest absolute Gasteiger partial charge is 0.407 e. The second-order valence-corrected chi connectivity index (χ2v) is 13.3. The highest BCUT2D eigenvalue weighted by Crippen LogP contribution is 2.28. The van der Waals surface area contributed by atoms with Gasteiger partial charge in [-0.15, -0.1) is 0 Å². The van der Waals surface area contributed by atoms with Crippen LogP contribution in [0.2, 0.25) is 0 Å². The van der Waals surface area contributed by atoms with Crippen molar-refractivity contribution in [3.05, 3.63) is 35.9 Å². The molecule has 1 saturated heterocycles. The quantitative estimate of drug-likeness (QED) is 0.0637. The summed E-state index contributed by atoms with van der Waals surface area (Å²) in [4.78, 5) is 62.6. The minimum atomic E-state index is -3.18. The zero-order valence-electron chi connectivity index (χ0n) is 28.0. The van der Waals surface area contributed by atoms with Gasteiger partial charge in [0.25, 0.3) is 0 Å². The number of benzene rings is 1. The molecule has 1 heterocycles.